The van der Waals surface area contributed by atoms with Gasteiger partial charge >= 0.3 is 0 Å². The van der Waals surface area contributed by atoms with Crippen molar-refractivity contribution in [1.29, 1.82) is 0 Å². The second kappa shape index (κ2) is 9.22. The molecule has 0 saturated carbocycles. The average Bonchev–Trinajstić information content (AvgIpc) is 3.49. The number of aliphatic imine (C=N–C) groups is 2. The number of rotatable bonds is 4. The molecule has 0 aliphatic carbocycles. The van der Waals surface area contributed by atoms with Crippen molar-refractivity contribution in [2.45, 2.75) is 44.3 Å². The van der Waals surface area contributed by atoms with E-state index in [1.165, 1.54) is 12.1 Å². The molecule has 6 rings (SSSR count). The molecule has 4 heterocycles. The van der Waals surface area contributed by atoms with Crippen LogP contribution >= 0.6 is 0 Å². The Balaban J connectivity index is 1.39. The van der Waals surface area contributed by atoms with E-state index in [2.05, 4.69) is 21.1 Å². The highest BCUT2D eigenvalue weighted by molar-refractivity contribution is 6.05. The van der Waals surface area contributed by atoms with Gasteiger partial charge in [0.25, 0.3) is 0 Å². The molecule has 2 fully saturated rings. The van der Waals surface area contributed by atoms with Gasteiger partial charge in [0.1, 0.15) is 17.3 Å². The highest BCUT2D eigenvalue weighted by atomic mass is 19.1. The van der Waals surface area contributed by atoms with E-state index >= 15 is 0 Å². The highest BCUT2D eigenvalue weighted by Crippen LogP contribution is 2.46. The second-order valence-electron chi connectivity index (χ2n) is 9.59. The summed E-state index contributed by atoms with van der Waals surface area (Å²) >= 11 is 0. The Bertz CT molecular complexity index is 1230. The Morgan fingerprint density at radius 1 is 1.11 bits per heavy atom. The van der Waals surface area contributed by atoms with E-state index in [4.69, 9.17) is 24.9 Å². The molecule has 9 heteroatoms. The van der Waals surface area contributed by atoms with Gasteiger partial charge in [-0.15, -0.1) is 0 Å². The van der Waals surface area contributed by atoms with Gasteiger partial charge in [-0.05, 0) is 67.8 Å². The van der Waals surface area contributed by atoms with Gasteiger partial charge in [-0.2, -0.15) is 0 Å². The summed E-state index contributed by atoms with van der Waals surface area (Å²) in [5.74, 6) is 2.04. The van der Waals surface area contributed by atoms with Crippen LogP contribution in [-0.4, -0.2) is 55.3 Å². The lowest BCUT2D eigenvalue weighted by atomic mass is 9.99. The molecule has 0 amide bonds. The smallest absolute Gasteiger partial charge is 0.231 e. The zero-order valence-corrected chi connectivity index (χ0v) is 20.3. The Kier molecular flexibility index (Phi) is 5.89. The van der Waals surface area contributed by atoms with E-state index < -0.39 is 5.66 Å². The standard InChI is InChI=1S/C27H30FN5O3/c1-18(29)16-30-23-9-4-19(24-25(23)36-17-35-24)15-20-3-2-12-32-26(20)31-27(10-13-34-14-11-27)33(32)22-7-5-21(28)6-8-22/h4-9,15-16,18H,2-3,10-14,17,29H2,1H3/b20-15+,30-16?. The molecule has 4 aliphatic heterocycles. The van der Waals surface area contributed by atoms with Gasteiger partial charge in [-0.25, -0.2) is 9.38 Å². The number of anilines is 1. The molecule has 0 aromatic heterocycles. The van der Waals surface area contributed by atoms with Crippen molar-refractivity contribution in [2.75, 3.05) is 31.6 Å². The van der Waals surface area contributed by atoms with E-state index in [9.17, 15) is 4.39 Å². The molecule has 1 spiro atoms. The van der Waals surface area contributed by atoms with E-state index in [-0.39, 0.29) is 18.7 Å². The van der Waals surface area contributed by atoms with Gasteiger partial charge in [0.15, 0.2) is 17.2 Å². The maximum Gasteiger partial charge on any atom is 0.231 e. The Morgan fingerprint density at radius 3 is 2.67 bits per heavy atom. The van der Waals surface area contributed by atoms with Crippen molar-refractivity contribution >= 4 is 29.5 Å². The molecule has 0 bridgehead atoms. The van der Waals surface area contributed by atoms with Gasteiger partial charge in [-0.1, -0.05) is 0 Å². The lowest BCUT2D eigenvalue weighted by Gasteiger charge is -2.45. The summed E-state index contributed by atoms with van der Waals surface area (Å²) < 4.78 is 31.0. The van der Waals surface area contributed by atoms with E-state index in [1.54, 1.807) is 6.21 Å². The van der Waals surface area contributed by atoms with Crippen LogP contribution in [0.2, 0.25) is 0 Å². The first-order valence-electron chi connectivity index (χ1n) is 12.5. The Morgan fingerprint density at radius 2 is 1.89 bits per heavy atom. The van der Waals surface area contributed by atoms with Crippen LogP contribution < -0.4 is 20.2 Å². The Labute approximate surface area is 209 Å². The van der Waals surface area contributed by atoms with Gasteiger partial charge < -0.3 is 19.9 Å². The summed E-state index contributed by atoms with van der Waals surface area (Å²) in [7, 11) is 0. The van der Waals surface area contributed by atoms with E-state index in [0.29, 0.717) is 30.4 Å². The topological polar surface area (TPSA) is 84.9 Å². The third kappa shape index (κ3) is 4.02. The lowest BCUT2D eigenvalue weighted by Crippen LogP contribution is -2.56. The summed E-state index contributed by atoms with van der Waals surface area (Å²) in [6.07, 6.45) is 7.27. The number of nitrogens with two attached hydrogens (primary N) is 1. The third-order valence-corrected chi connectivity index (χ3v) is 6.97. The monoisotopic (exact) mass is 491 g/mol. The second-order valence-corrected chi connectivity index (χ2v) is 9.59. The zero-order chi connectivity index (χ0) is 24.7. The summed E-state index contributed by atoms with van der Waals surface area (Å²) in [5, 5.41) is 4.51. The number of piperidine rings is 1. The largest absolute Gasteiger partial charge is 0.453 e. The molecule has 188 valence electrons. The summed E-state index contributed by atoms with van der Waals surface area (Å²) in [6, 6.07) is 10.5. The quantitative estimate of drug-likeness (QED) is 0.638. The molecule has 36 heavy (non-hydrogen) atoms. The first kappa shape index (κ1) is 23.0. The van der Waals surface area contributed by atoms with Crippen LogP contribution in [0.4, 0.5) is 15.8 Å². The lowest BCUT2D eigenvalue weighted by molar-refractivity contribution is 0.0460. The molecule has 4 aliphatic rings. The maximum atomic E-state index is 13.7. The fourth-order valence-corrected chi connectivity index (χ4v) is 5.32. The number of hydrogen-bond acceptors (Lipinski definition) is 8. The molecule has 2 saturated heterocycles. The van der Waals surface area contributed by atoms with Gasteiger partial charge in [0, 0.05) is 37.2 Å². The molecule has 2 aromatic rings. The number of nitrogens with zero attached hydrogens (tertiary/aromatic N) is 4. The summed E-state index contributed by atoms with van der Waals surface area (Å²) in [5.41, 5.74) is 9.11. The van der Waals surface area contributed by atoms with Crippen LogP contribution in [-0.2, 0) is 4.74 Å². The van der Waals surface area contributed by atoms with Gasteiger partial charge in [0.05, 0.1) is 18.9 Å². The van der Waals surface area contributed by atoms with Crippen molar-refractivity contribution in [3.05, 3.63) is 53.4 Å². The SMILES string of the molecule is CC(N)C=Nc1ccc(/C=C2\CCCN3C2=NC2(CCOCC2)N3c2ccc(F)cc2)c2c1OCO2. The molecule has 2 aromatic carbocycles. The molecule has 0 radical (unpaired) electrons. The minimum Gasteiger partial charge on any atom is -0.453 e. The van der Waals surface area contributed by atoms with Gasteiger partial charge in [0.2, 0.25) is 6.79 Å². The minimum absolute atomic E-state index is 0.153. The number of ether oxygens (including phenoxy) is 3. The molecule has 2 N–H and O–H groups in total. The zero-order valence-electron chi connectivity index (χ0n) is 20.3. The molecule has 1 atom stereocenters. The number of hydrogen-bond donors (Lipinski definition) is 1. The average molecular weight is 492 g/mol. The van der Waals surface area contributed by atoms with Crippen LogP contribution in [0.15, 0.2) is 52.0 Å². The highest BCUT2D eigenvalue weighted by Gasteiger charge is 2.49. The number of amidine groups is 1. The van der Waals surface area contributed by atoms with Crippen LogP contribution in [0.25, 0.3) is 6.08 Å². The van der Waals surface area contributed by atoms with Crippen molar-refractivity contribution in [3.63, 3.8) is 0 Å². The number of benzene rings is 2. The van der Waals surface area contributed by atoms with Crippen LogP contribution in [0.5, 0.6) is 11.5 Å². The number of halogens is 1. The molecular weight excluding hydrogens is 461 g/mol. The number of hydrazine groups is 1. The van der Waals surface area contributed by atoms with Crippen molar-refractivity contribution in [2.24, 2.45) is 15.7 Å². The first-order chi connectivity index (χ1) is 17.5. The summed E-state index contributed by atoms with van der Waals surface area (Å²) in [6.45, 7) is 4.16. The molecule has 1 unspecified atom stereocenters. The van der Waals surface area contributed by atoms with Crippen molar-refractivity contribution in [1.82, 2.24) is 5.01 Å². The van der Waals surface area contributed by atoms with Gasteiger partial charge in [-0.3, -0.25) is 15.0 Å². The van der Waals surface area contributed by atoms with Crippen LogP contribution in [0, 0.1) is 5.82 Å². The third-order valence-electron chi connectivity index (χ3n) is 6.97. The maximum absolute atomic E-state index is 13.7. The first-order valence-corrected chi connectivity index (χ1v) is 12.5. The fraction of sp³-hybridized carbons (Fsp3) is 0.407. The predicted molar refractivity (Wildman–Crippen MR) is 137 cm³/mol. The van der Waals surface area contributed by atoms with E-state index in [1.807, 2.05) is 31.2 Å². The number of fused-ring (bicyclic) bond motifs is 2. The van der Waals surface area contributed by atoms with Crippen molar-refractivity contribution in [3.8, 4) is 11.5 Å². The molecular formula is C27H30FN5O3. The normalized spacial score (nSPS) is 22.4. The Hall–Kier alpha value is -3.43. The van der Waals surface area contributed by atoms with E-state index in [0.717, 1.165) is 54.9 Å². The van der Waals surface area contributed by atoms with Crippen molar-refractivity contribution < 1.29 is 18.6 Å². The summed E-state index contributed by atoms with van der Waals surface area (Å²) in [4.78, 5) is 9.81. The van der Waals surface area contributed by atoms with Crippen LogP contribution in [0.1, 0.15) is 38.2 Å². The predicted octanol–water partition coefficient (Wildman–Crippen LogP) is 4.42. The fourth-order valence-electron chi connectivity index (χ4n) is 5.32. The van der Waals surface area contributed by atoms with Crippen LogP contribution in [0.3, 0.4) is 0 Å². The molecule has 8 nitrogen and oxygen atoms in total. The minimum atomic E-state index is -0.437.